The lowest BCUT2D eigenvalue weighted by atomic mass is 10.2. The Kier molecular flexibility index (Phi) is 5.77. The van der Waals surface area contributed by atoms with Crippen molar-refractivity contribution in [2.24, 2.45) is 0 Å². The van der Waals surface area contributed by atoms with Crippen molar-refractivity contribution in [1.82, 2.24) is 0 Å². The van der Waals surface area contributed by atoms with Crippen LogP contribution in [0.3, 0.4) is 0 Å². The van der Waals surface area contributed by atoms with Gasteiger partial charge in [-0.1, -0.05) is 72.3 Å². The maximum atomic E-state index is 14.1. The second kappa shape index (κ2) is 8.48. The molecular formula is C25H22O3S2. The molecule has 0 fully saturated rings. The highest BCUT2D eigenvalue weighted by Gasteiger charge is 2.38. The summed E-state index contributed by atoms with van der Waals surface area (Å²) in [6, 6.07) is 35.1. The van der Waals surface area contributed by atoms with Crippen LogP contribution in [0.5, 0.6) is 5.75 Å². The summed E-state index contributed by atoms with van der Waals surface area (Å²) in [7, 11) is -6.89. The number of rotatable bonds is 5. The highest BCUT2D eigenvalue weighted by molar-refractivity contribution is 8.52. The predicted octanol–water partition coefficient (Wildman–Crippen LogP) is 5.95. The van der Waals surface area contributed by atoms with Crippen LogP contribution in [-0.4, -0.2) is 8.76 Å². The van der Waals surface area contributed by atoms with Crippen molar-refractivity contribution in [3.8, 4) is 5.75 Å². The molecule has 152 valence electrons. The van der Waals surface area contributed by atoms with Gasteiger partial charge in [0, 0.05) is 8.59 Å². The summed E-state index contributed by atoms with van der Waals surface area (Å²) in [5, 5.41) is 0. The lowest BCUT2D eigenvalue weighted by molar-refractivity contribution is 0.436. The Balaban J connectivity index is 2.15. The lowest BCUT2D eigenvalue weighted by Crippen LogP contribution is -2.28. The van der Waals surface area contributed by atoms with E-state index < -0.39 is 17.6 Å². The summed E-state index contributed by atoms with van der Waals surface area (Å²) in [6.45, 7) is 1.95. The van der Waals surface area contributed by atoms with Gasteiger partial charge in [0.15, 0.2) is 0 Å². The molecule has 0 N–H and O–H groups in total. The number of hydrogen-bond donors (Lipinski definition) is 0. The van der Waals surface area contributed by atoms with Crippen LogP contribution in [0, 0.1) is 6.92 Å². The van der Waals surface area contributed by atoms with Crippen LogP contribution in [0.2, 0.25) is 0 Å². The molecule has 0 aliphatic rings. The van der Waals surface area contributed by atoms with Gasteiger partial charge in [-0.2, -0.15) is 4.21 Å². The Labute approximate surface area is 178 Å². The molecule has 0 saturated carbocycles. The standard InChI is InChI=1S/C25H22O3S2/c1-21-17-19-22(20-18-21)28-30(26,27)29(23-11-5-2-6-12-23,24-13-7-3-8-14-24)25-15-9-4-10-16-25/h2-20H,1H3. The Morgan fingerprint density at radius 3 is 1.37 bits per heavy atom. The monoisotopic (exact) mass is 434 g/mol. The molecule has 4 aromatic carbocycles. The minimum atomic E-state index is -4.13. The van der Waals surface area contributed by atoms with Crippen molar-refractivity contribution in [2.45, 2.75) is 21.6 Å². The van der Waals surface area contributed by atoms with Gasteiger partial charge in [-0.05, 0) is 55.5 Å². The zero-order valence-electron chi connectivity index (χ0n) is 16.5. The summed E-state index contributed by atoms with van der Waals surface area (Å²) in [6.07, 6.45) is 0. The van der Waals surface area contributed by atoms with Gasteiger partial charge in [-0.25, -0.2) is 0 Å². The van der Waals surface area contributed by atoms with Gasteiger partial charge < -0.3 is 8.74 Å². The molecule has 3 nitrogen and oxygen atoms in total. The highest BCUT2D eigenvalue weighted by atomic mass is 32.9. The first kappa shape index (κ1) is 20.4. The molecular weight excluding hydrogens is 412 g/mol. The summed E-state index contributed by atoms with van der Waals surface area (Å²) in [5.74, 6) is 0.306. The summed E-state index contributed by atoms with van der Waals surface area (Å²) < 4.78 is 34.0. The summed E-state index contributed by atoms with van der Waals surface area (Å²) >= 11 is 0. The SMILES string of the molecule is Cc1ccc(OS(=O)([O-])=[S+](c2ccccc2)(c2ccccc2)c2ccccc2)cc1. The molecule has 30 heavy (non-hydrogen) atoms. The first-order chi connectivity index (χ1) is 14.5. The fraction of sp³-hybridized carbons (Fsp3) is 0.0400. The van der Waals surface area contributed by atoms with Crippen LogP contribution in [0.4, 0.5) is 0 Å². The quantitative estimate of drug-likeness (QED) is 0.365. The molecule has 0 aliphatic heterocycles. The van der Waals surface area contributed by atoms with E-state index in [0.29, 0.717) is 20.4 Å². The minimum Gasteiger partial charge on any atom is -0.712 e. The zero-order chi connectivity index (χ0) is 21.0. The highest BCUT2D eigenvalue weighted by Crippen LogP contribution is 2.41. The van der Waals surface area contributed by atoms with E-state index in [4.69, 9.17) is 4.18 Å². The first-order valence-electron chi connectivity index (χ1n) is 9.54. The number of hydrogen-bond acceptors (Lipinski definition) is 3. The molecule has 0 amide bonds. The molecule has 5 heteroatoms. The molecule has 4 aromatic rings. The van der Waals surface area contributed by atoms with Crippen LogP contribution in [-0.2, 0) is 17.6 Å². The van der Waals surface area contributed by atoms with E-state index in [1.165, 1.54) is 0 Å². The van der Waals surface area contributed by atoms with E-state index >= 15 is 0 Å². The molecule has 1 unspecified atom stereocenters. The molecule has 0 aliphatic carbocycles. The van der Waals surface area contributed by atoms with E-state index in [1.807, 2.05) is 110 Å². The summed E-state index contributed by atoms with van der Waals surface area (Å²) in [4.78, 5) is 2.11. The Bertz CT molecular complexity index is 1160. The smallest absolute Gasteiger partial charge is 0.207 e. The minimum absolute atomic E-state index is 0.306. The van der Waals surface area contributed by atoms with Gasteiger partial charge in [0.25, 0.3) is 0 Å². The Hall–Kier alpha value is -2.86. The average molecular weight is 435 g/mol. The van der Waals surface area contributed by atoms with E-state index in [-0.39, 0.29) is 0 Å². The van der Waals surface area contributed by atoms with E-state index in [0.717, 1.165) is 5.56 Å². The maximum Gasteiger partial charge on any atom is 0.207 e. The summed E-state index contributed by atoms with van der Waals surface area (Å²) in [5.41, 5.74) is 1.03. The van der Waals surface area contributed by atoms with Gasteiger partial charge in [-0.15, -0.1) is 0 Å². The second-order valence-electron chi connectivity index (χ2n) is 6.80. The predicted molar refractivity (Wildman–Crippen MR) is 122 cm³/mol. The van der Waals surface area contributed by atoms with Crippen molar-refractivity contribution in [3.63, 3.8) is 0 Å². The molecule has 4 rings (SSSR count). The first-order valence-corrected chi connectivity index (χ1v) is 13.1. The zero-order valence-corrected chi connectivity index (χ0v) is 18.1. The second-order valence-corrected chi connectivity index (χ2v) is 13.0. The molecule has 0 aromatic heterocycles. The number of benzene rings is 4. The fourth-order valence-electron chi connectivity index (χ4n) is 3.36. The Morgan fingerprint density at radius 1 is 0.633 bits per heavy atom. The van der Waals surface area contributed by atoms with Crippen molar-refractivity contribution >= 4 is 17.6 Å². The van der Waals surface area contributed by atoms with Gasteiger partial charge in [0.1, 0.15) is 20.4 Å². The van der Waals surface area contributed by atoms with E-state index in [9.17, 15) is 8.76 Å². The average Bonchev–Trinajstić information content (AvgIpc) is 2.78. The van der Waals surface area contributed by atoms with Gasteiger partial charge in [-0.3, -0.25) is 0 Å². The van der Waals surface area contributed by atoms with Crippen LogP contribution >= 0.6 is 0 Å². The topological polar surface area (TPSA) is 49.4 Å². The van der Waals surface area contributed by atoms with Crippen LogP contribution in [0.15, 0.2) is 130 Å². The molecule has 0 heterocycles. The molecule has 0 saturated heterocycles. The molecule has 0 bridgehead atoms. The fourth-order valence-corrected chi connectivity index (χ4v) is 10.6. The van der Waals surface area contributed by atoms with Crippen LogP contribution in [0.25, 0.3) is 0 Å². The van der Waals surface area contributed by atoms with Crippen LogP contribution < -0.4 is 4.18 Å². The lowest BCUT2D eigenvalue weighted by Gasteiger charge is -2.29. The molecule has 1 atom stereocenters. The van der Waals surface area contributed by atoms with Crippen molar-refractivity contribution in [3.05, 3.63) is 121 Å². The largest absolute Gasteiger partial charge is 0.712 e. The van der Waals surface area contributed by atoms with Crippen molar-refractivity contribution < 1.29 is 12.9 Å². The van der Waals surface area contributed by atoms with Gasteiger partial charge in [0.05, 0.1) is 0 Å². The number of aryl methyl sites for hydroxylation is 1. The molecule has 0 radical (unpaired) electrons. The third-order valence-electron chi connectivity index (χ3n) is 4.75. The maximum absolute atomic E-state index is 14.1. The molecule has 0 spiro atoms. The van der Waals surface area contributed by atoms with Crippen molar-refractivity contribution in [2.75, 3.05) is 0 Å². The van der Waals surface area contributed by atoms with E-state index in [1.54, 1.807) is 12.1 Å². The van der Waals surface area contributed by atoms with Crippen molar-refractivity contribution in [1.29, 1.82) is 0 Å². The van der Waals surface area contributed by atoms with Crippen LogP contribution in [0.1, 0.15) is 5.56 Å². The third kappa shape index (κ3) is 3.67. The van der Waals surface area contributed by atoms with E-state index in [2.05, 4.69) is 0 Å². The normalized spacial score (nSPS) is 13.4. The third-order valence-corrected chi connectivity index (χ3v) is 12.3. The Morgan fingerprint density at radius 2 is 1.00 bits per heavy atom. The van der Waals surface area contributed by atoms with Gasteiger partial charge in [0.2, 0.25) is 9.05 Å². The van der Waals surface area contributed by atoms with Gasteiger partial charge >= 0.3 is 0 Å².